The molecular formula is C10H20N2O. The smallest absolute Gasteiger partial charge is 0.0589 e. The predicted molar refractivity (Wildman–Crippen MR) is 52.9 cm³/mol. The van der Waals surface area contributed by atoms with Crippen molar-refractivity contribution < 1.29 is 4.74 Å². The van der Waals surface area contributed by atoms with Crippen LogP contribution in [0.1, 0.15) is 13.3 Å². The number of hydrogen-bond acceptors (Lipinski definition) is 3. The van der Waals surface area contributed by atoms with Gasteiger partial charge in [-0.25, -0.2) is 0 Å². The standard InChI is InChI=1S/C10H20N2O/c1-3-11-7-10-6-9(11)8-12(10)4-5-13-2/h9-10H,3-8H2,1-2H3. The quantitative estimate of drug-likeness (QED) is 0.629. The zero-order valence-electron chi connectivity index (χ0n) is 8.70. The summed E-state index contributed by atoms with van der Waals surface area (Å²) in [6.45, 7) is 8.04. The van der Waals surface area contributed by atoms with E-state index in [0.717, 1.165) is 25.2 Å². The van der Waals surface area contributed by atoms with Crippen LogP contribution in [-0.2, 0) is 4.74 Å². The summed E-state index contributed by atoms with van der Waals surface area (Å²) in [7, 11) is 1.78. The molecule has 2 saturated heterocycles. The number of methoxy groups -OCH3 is 1. The maximum absolute atomic E-state index is 5.11. The van der Waals surface area contributed by atoms with Gasteiger partial charge in [-0.15, -0.1) is 0 Å². The van der Waals surface area contributed by atoms with Gasteiger partial charge in [-0.1, -0.05) is 6.92 Å². The molecule has 2 rings (SSSR count). The molecule has 2 unspecified atom stereocenters. The summed E-state index contributed by atoms with van der Waals surface area (Å²) >= 11 is 0. The molecule has 0 amide bonds. The van der Waals surface area contributed by atoms with E-state index < -0.39 is 0 Å². The summed E-state index contributed by atoms with van der Waals surface area (Å²) in [5.41, 5.74) is 0. The average Bonchev–Trinajstić information content (AvgIpc) is 2.72. The van der Waals surface area contributed by atoms with Gasteiger partial charge in [0.15, 0.2) is 0 Å². The average molecular weight is 184 g/mol. The highest BCUT2D eigenvalue weighted by Gasteiger charge is 2.41. The number of piperazine rings is 1. The molecule has 76 valence electrons. The first kappa shape index (κ1) is 9.44. The van der Waals surface area contributed by atoms with E-state index in [2.05, 4.69) is 16.7 Å². The highest BCUT2D eigenvalue weighted by molar-refractivity contribution is 4.98. The summed E-state index contributed by atoms with van der Waals surface area (Å²) in [6, 6.07) is 1.66. The van der Waals surface area contributed by atoms with Crippen LogP contribution in [-0.4, -0.2) is 61.8 Å². The molecule has 0 aromatic heterocycles. The van der Waals surface area contributed by atoms with E-state index in [1.54, 1.807) is 7.11 Å². The van der Waals surface area contributed by atoms with E-state index in [9.17, 15) is 0 Å². The lowest BCUT2D eigenvalue weighted by molar-refractivity contribution is 0.0963. The van der Waals surface area contributed by atoms with Gasteiger partial charge in [0.2, 0.25) is 0 Å². The SMILES string of the molecule is CCN1CC2CC1CN2CCOC. The highest BCUT2D eigenvalue weighted by Crippen LogP contribution is 2.29. The normalized spacial score (nSPS) is 34.6. The molecule has 0 aromatic rings. The first-order valence-corrected chi connectivity index (χ1v) is 5.32. The van der Waals surface area contributed by atoms with Crippen LogP contribution in [0.3, 0.4) is 0 Å². The Morgan fingerprint density at radius 3 is 2.46 bits per heavy atom. The van der Waals surface area contributed by atoms with Gasteiger partial charge in [0.1, 0.15) is 0 Å². The van der Waals surface area contributed by atoms with Crippen LogP contribution < -0.4 is 0 Å². The molecule has 2 aliphatic rings. The molecule has 2 heterocycles. The van der Waals surface area contributed by atoms with Crippen molar-refractivity contribution in [1.82, 2.24) is 9.80 Å². The predicted octanol–water partition coefficient (Wildman–Crippen LogP) is 0.411. The van der Waals surface area contributed by atoms with Crippen LogP contribution in [0.5, 0.6) is 0 Å². The van der Waals surface area contributed by atoms with Crippen molar-refractivity contribution in [2.45, 2.75) is 25.4 Å². The van der Waals surface area contributed by atoms with Crippen molar-refractivity contribution >= 4 is 0 Å². The van der Waals surface area contributed by atoms with Crippen molar-refractivity contribution in [2.24, 2.45) is 0 Å². The Morgan fingerprint density at radius 1 is 1.23 bits per heavy atom. The molecule has 0 aliphatic carbocycles. The lowest BCUT2D eigenvalue weighted by Gasteiger charge is -2.33. The van der Waals surface area contributed by atoms with Crippen LogP contribution in [0.2, 0.25) is 0 Å². The second kappa shape index (κ2) is 3.95. The summed E-state index contributed by atoms with van der Waals surface area (Å²) < 4.78 is 5.11. The lowest BCUT2D eigenvalue weighted by atomic mass is 10.2. The third-order valence-corrected chi connectivity index (χ3v) is 3.46. The van der Waals surface area contributed by atoms with Crippen molar-refractivity contribution in [3.05, 3.63) is 0 Å². The minimum Gasteiger partial charge on any atom is -0.383 e. The fourth-order valence-electron chi connectivity index (χ4n) is 2.70. The van der Waals surface area contributed by atoms with Gasteiger partial charge in [0.25, 0.3) is 0 Å². The number of likely N-dealkylation sites (N-methyl/N-ethyl adjacent to an activating group) is 1. The Hall–Kier alpha value is -0.120. The van der Waals surface area contributed by atoms with Gasteiger partial charge < -0.3 is 4.74 Å². The van der Waals surface area contributed by atoms with Crippen molar-refractivity contribution in [3.8, 4) is 0 Å². The largest absolute Gasteiger partial charge is 0.383 e. The first-order valence-electron chi connectivity index (χ1n) is 5.32. The summed E-state index contributed by atoms with van der Waals surface area (Å²) in [5.74, 6) is 0. The molecule has 3 nitrogen and oxygen atoms in total. The number of nitrogens with zero attached hydrogens (tertiary/aromatic N) is 2. The van der Waals surface area contributed by atoms with Crippen LogP contribution >= 0.6 is 0 Å². The third kappa shape index (κ3) is 1.73. The molecule has 0 saturated carbocycles. The monoisotopic (exact) mass is 184 g/mol. The lowest BCUT2D eigenvalue weighted by Crippen LogP contribution is -2.46. The zero-order chi connectivity index (χ0) is 9.26. The molecule has 13 heavy (non-hydrogen) atoms. The number of rotatable bonds is 4. The van der Waals surface area contributed by atoms with Gasteiger partial charge in [0, 0.05) is 38.8 Å². The Balaban J connectivity index is 1.81. The number of likely N-dealkylation sites (tertiary alicyclic amines) is 2. The van der Waals surface area contributed by atoms with Crippen molar-refractivity contribution in [3.63, 3.8) is 0 Å². The second-order valence-corrected chi connectivity index (χ2v) is 4.12. The maximum Gasteiger partial charge on any atom is 0.0589 e. The fourth-order valence-corrected chi connectivity index (χ4v) is 2.70. The second-order valence-electron chi connectivity index (χ2n) is 4.12. The summed E-state index contributed by atoms with van der Waals surface area (Å²) in [6.07, 6.45) is 1.39. The number of hydrogen-bond donors (Lipinski definition) is 0. The van der Waals surface area contributed by atoms with E-state index in [1.807, 2.05) is 0 Å². The van der Waals surface area contributed by atoms with Crippen molar-refractivity contribution in [1.29, 1.82) is 0 Å². The maximum atomic E-state index is 5.11. The van der Waals surface area contributed by atoms with Crippen LogP contribution in [0.25, 0.3) is 0 Å². The van der Waals surface area contributed by atoms with Gasteiger partial charge >= 0.3 is 0 Å². The molecule has 2 atom stereocenters. The minimum atomic E-state index is 0.820. The van der Waals surface area contributed by atoms with Gasteiger partial charge in [0.05, 0.1) is 6.61 Å². The van der Waals surface area contributed by atoms with Crippen LogP contribution in [0.15, 0.2) is 0 Å². The summed E-state index contributed by atoms with van der Waals surface area (Å²) in [5, 5.41) is 0. The number of ether oxygens (including phenoxy) is 1. The molecule has 2 aliphatic heterocycles. The molecule has 0 N–H and O–H groups in total. The van der Waals surface area contributed by atoms with E-state index >= 15 is 0 Å². The molecule has 2 bridgehead atoms. The molecule has 0 aromatic carbocycles. The van der Waals surface area contributed by atoms with Crippen molar-refractivity contribution in [2.75, 3.05) is 39.9 Å². The Labute approximate surface area is 80.6 Å². The zero-order valence-corrected chi connectivity index (χ0v) is 8.70. The van der Waals surface area contributed by atoms with Gasteiger partial charge in [-0.2, -0.15) is 0 Å². The molecular weight excluding hydrogens is 164 g/mol. The summed E-state index contributed by atoms with van der Waals surface area (Å²) in [4.78, 5) is 5.19. The van der Waals surface area contributed by atoms with Crippen LogP contribution in [0, 0.1) is 0 Å². The Bertz CT molecular complexity index is 174. The Morgan fingerprint density at radius 2 is 1.92 bits per heavy atom. The molecule has 0 spiro atoms. The molecule has 3 heteroatoms. The van der Waals surface area contributed by atoms with E-state index in [0.29, 0.717) is 0 Å². The third-order valence-electron chi connectivity index (χ3n) is 3.46. The minimum absolute atomic E-state index is 0.820. The van der Waals surface area contributed by atoms with Gasteiger partial charge in [-0.05, 0) is 13.0 Å². The first-order chi connectivity index (χ1) is 6.35. The molecule has 0 radical (unpaired) electrons. The number of fused-ring (bicyclic) bond motifs is 2. The molecule has 2 fully saturated rings. The van der Waals surface area contributed by atoms with E-state index in [1.165, 1.54) is 26.1 Å². The highest BCUT2D eigenvalue weighted by atomic mass is 16.5. The van der Waals surface area contributed by atoms with E-state index in [4.69, 9.17) is 4.74 Å². The van der Waals surface area contributed by atoms with Gasteiger partial charge in [-0.3, -0.25) is 9.80 Å². The topological polar surface area (TPSA) is 15.7 Å². The van der Waals surface area contributed by atoms with E-state index in [-0.39, 0.29) is 0 Å². The van der Waals surface area contributed by atoms with Crippen LogP contribution in [0.4, 0.5) is 0 Å². The Kier molecular flexibility index (Phi) is 2.86. The fraction of sp³-hybridized carbons (Fsp3) is 1.00.